The second-order valence-corrected chi connectivity index (χ2v) is 11.0. The van der Waals surface area contributed by atoms with E-state index in [1.54, 1.807) is 34.5 Å². The highest BCUT2D eigenvalue weighted by Crippen LogP contribution is 2.36. The zero-order valence-corrected chi connectivity index (χ0v) is 26.5. The third kappa shape index (κ3) is 7.87. The molecule has 10 heteroatoms. The van der Waals surface area contributed by atoms with E-state index in [-0.39, 0.29) is 12.6 Å². The molecular weight excluding hydrogens is 590 g/mol. The number of carbonyl (C=O) groups excluding carboxylic acids is 1. The fraction of sp³-hybridized carbons (Fsp3) is 0.516. The van der Waals surface area contributed by atoms with Gasteiger partial charge in [-0.15, -0.1) is 6.58 Å². The molecule has 1 aliphatic heterocycles. The van der Waals surface area contributed by atoms with Crippen LogP contribution in [0.25, 0.3) is 0 Å². The number of aliphatic hydroxyl groups excluding tert-OH is 1. The second-order valence-electron chi connectivity index (χ2n) is 10.2. The van der Waals surface area contributed by atoms with Crippen molar-refractivity contribution in [3.05, 3.63) is 58.6 Å². The molecule has 0 radical (unpaired) electrons. The summed E-state index contributed by atoms with van der Waals surface area (Å²) in [4.78, 5) is 20.2. The Balaban J connectivity index is 1.80. The van der Waals surface area contributed by atoms with Gasteiger partial charge in [0.05, 0.1) is 45.1 Å². The van der Waals surface area contributed by atoms with Gasteiger partial charge in [-0.1, -0.05) is 6.08 Å². The summed E-state index contributed by atoms with van der Waals surface area (Å²) in [6.07, 6.45) is 3.78. The lowest BCUT2D eigenvalue weighted by atomic mass is 9.86. The first-order valence-electron chi connectivity index (χ1n) is 13.9. The first-order chi connectivity index (χ1) is 19.8. The molecule has 226 valence electrons. The number of amides is 2. The maximum atomic E-state index is 14.2. The number of piperidine rings is 1. The molecular formula is C31H44BrN3O6. The zero-order chi connectivity index (χ0) is 30.0. The Kier molecular flexibility index (Phi) is 12.2. The Bertz CT molecular complexity index is 1150. The van der Waals surface area contributed by atoms with Gasteiger partial charge in [0, 0.05) is 51.4 Å². The number of halogens is 1. The lowest BCUT2D eigenvalue weighted by Crippen LogP contribution is -2.61. The van der Waals surface area contributed by atoms with E-state index in [0.29, 0.717) is 50.4 Å². The normalized spacial score (nSPS) is 14.7. The molecule has 0 spiro atoms. The monoisotopic (exact) mass is 633 g/mol. The fourth-order valence-corrected chi connectivity index (χ4v) is 5.92. The number of likely N-dealkylation sites (tertiary alicyclic amines) is 1. The molecule has 0 aliphatic carbocycles. The minimum absolute atomic E-state index is 0.0978. The Labute approximate surface area is 252 Å². The summed E-state index contributed by atoms with van der Waals surface area (Å²) >= 11 is 3.64. The van der Waals surface area contributed by atoms with Gasteiger partial charge in [-0.3, -0.25) is 4.90 Å². The molecule has 3 rings (SSSR count). The molecule has 0 bridgehead atoms. The maximum Gasteiger partial charge on any atom is 0.320 e. The van der Waals surface area contributed by atoms with Gasteiger partial charge in [0.15, 0.2) is 0 Å². The zero-order valence-electron chi connectivity index (χ0n) is 25.0. The van der Waals surface area contributed by atoms with E-state index in [0.717, 1.165) is 46.7 Å². The molecule has 1 N–H and O–H groups in total. The summed E-state index contributed by atoms with van der Waals surface area (Å²) in [5.41, 5.74) is 1.32. The van der Waals surface area contributed by atoms with Crippen molar-refractivity contribution in [2.24, 2.45) is 0 Å². The number of methoxy groups -OCH3 is 4. The number of hydrogen-bond donors (Lipinski definition) is 1. The smallest absolute Gasteiger partial charge is 0.320 e. The fourth-order valence-electron chi connectivity index (χ4n) is 5.40. The first kappa shape index (κ1) is 32.6. The molecule has 9 nitrogen and oxygen atoms in total. The van der Waals surface area contributed by atoms with Crippen molar-refractivity contribution in [1.82, 2.24) is 14.7 Å². The Hall–Kier alpha value is -2.95. The van der Waals surface area contributed by atoms with Crippen molar-refractivity contribution < 1.29 is 28.8 Å². The second kappa shape index (κ2) is 15.3. The van der Waals surface area contributed by atoms with Crippen LogP contribution in [0.3, 0.4) is 0 Å². The average Bonchev–Trinajstić information content (AvgIpc) is 3.00. The van der Waals surface area contributed by atoms with Crippen LogP contribution in [0, 0.1) is 0 Å². The van der Waals surface area contributed by atoms with E-state index in [4.69, 9.17) is 18.9 Å². The molecule has 1 aliphatic rings. The van der Waals surface area contributed by atoms with Gasteiger partial charge in [-0.2, -0.15) is 0 Å². The number of nitrogens with zero attached hydrogens (tertiary/aromatic N) is 3. The van der Waals surface area contributed by atoms with E-state index in [1.807, 2.05) is 47.1 Å². The summed E-state index contributed by atoms with van der Waals surface area (Å²) in [5.74, 6) is 2.79. The van der Waals surface area contributed by atoms with Crippen molar-refractivity contribution in [2.75, 3.05) is 61.2 Å². The van der Waals surface area contributed by atoms with E-state index in [2.05, 4.69) is 27.4 Å². The van der Waals surface area contributed by atoms with Crippen LogP contribution in [0.4, 0.5) is 4.79 Å². The molecule has 2 aromatic rings. The average molecular weight is 635 g/mol. The third-order valence-electron chi connectivity index (χ3n) is 7.80. The van der Waals surface area contributed by atoms with Gasteiger partial charge in [-0.05, 0) is 71.4 Å². The molecule has 2 amide bonds. The minimum atomic E-state index is -0.649. The van der Waals surface area contributed by atoms with E-state index >= 15 is 0 Å². The number of urea groups is 1. The van der Waals surface area contributed by atoms with Crippen LogP contribution >= 0.6 is 15.9 Å². The summed E-state index contributed by atoms with van der Waals surface area (Å²) in [6.45, 7) is 9.28. The van der Waals surface area contributed by atoms with Crippen molar-refractivity contribution in [1.29, 1.82) is 0 Å². The van der Waals surface area contributed by atoms with Gasteiger partial charge in [0.2, 0.25) is 0 Å². The van der Waals surface area contributed by atoms with Gasteiger partial charge >= 0.3 is 6.03 Å². The van der Waals surface area contributed by atoms with Crippen molar-refractivity contribution >= 4 is 22.0 Å². The molecule has 1 saturated heterocycles. The van der Waals surface area contributed by atoms with Crippen molar-refractivity contribution in [2.45, 2.75) is 44.8 Å². The van der Waals surface area contributed by atoms with Gasteiger partial charge < -0.3 is 33.9 Å². The van der Waals surface area contributed by atoms with Gasteiger partial charge in [0.1, 0.15) is 23.0 Å². The molecule has 0 atom stereocenters. The minimum Gasteiger partial charge on any atom is -0.497 e. The SMILES string of the molecule is C=CCCN(Cc1cc(OC)cc(OC)c1Br)C(=O)N(CC)C1(CO)CCN(Cc2cc(OC)cc(OC)c2)CC1. The lowest BCUT2D eigenvalue weighted by molar-refractivity contribution is -0.00531. The van der Waals surface area contributed by atoms with Crippen LogP contribution in [-0.4, -0.2) is 92.6 Å². The number of ether oxygens (including phenoxy) is 4. The number of likely N-dealkylation sites (N-methyl/N-ethyl adjacent to an activating group) is 1. The predicted octanol–water partition coefficient (Wildman–Crippen LogP) is 5.33. The molecule has 1 fully saturated rings. The Morgan fingerprint density at radius 3 is 2.15 bits per heavy atom. The highest BCUT2D eigenvalue weighted by molar-refractivity contribution is 9.10. The number of carbonyl (C=O) groups is 1. The highest BCUT2D eigenvalue weighted by Gasteiger charge is 2.42. The quantitative estimate of drug-likeness (QED) is 0.282. The number of aliphatic hydroxyl groups is 1. The van der Waals surface area contributed by atoms with Crippen LogP contribution in [0.5, 0.6) is 23.0 Å². The van der Waals surface area contributed by atoms with Crippen molar-refractivity contribution in [3.8, 4) is 23.0 Å². The Morgan fingerprint density at radius 2 is 1.63 bits per heavy atom. The van der Waals surface area contributed by atoms with Crippen molar-refractivity contribution in [3.63, 3.8) is 0 Å². The van der Waals surface area contributed by atoms with E-state index in [1.165, 1.54) is 0 Å². The van der Waals surface area contributed by atoms with Crippen LogP contribution in [0.2, 0.25) is 0 Å². The van der Waals surface area contributed by atoms with E-state index < -0.39 is 5.54 Å². The summed E-state index contributed by atoms with van der Waals surface area (Å²) in [5, 5.41) is 10.7. The molecule has 41 heavy (non-hydrogen) atoms. The van der Waals surface area contributed by atoms with Crippen LogP contribution in [-0.2, 0) is 13.1 Å². The maximum absolute atomic E-state index is 14.2. The summed E-state index contributed by atoms with van der Waals surface area (Å²) in [6, 6.07) is 9.49. The first-order valence-corrected chi connectivity index (χ1v) is 14.7. The standard InChI is InChI=1S/C31H44BrN3O6/c1-7-9-12-34(21-24-17-27(40-5)19-28(41-6)29(24)32)30(37)35(8-2)31(22-36)10-13-33(14-11-31)20-23-15-25(38-3)18-26(16-23)39-4/h7,15-19,36H,1,8-14,20-22H2,2-6H3. The number of hydrogen-bond acceptors (Lipinski definition) is 7. The van der Waals surface area contributed by atoms with Crippen LogP contribution in [0.1, 0.15) is 37.3 Å². The number of benzene rings is 2. The molecule has 0 unspecified atom stereocenters. The topological polar surface area (TPSA) is 83.9 Å². The largest absolute Gasteiger partial charge is 0.497 e. The van der Waals surface area contributed by atoms with E-state index in [9.17, 15) is 9.90 Å². The van der Waals surface area contributed by atoms with Gasteiger partial charge in [0.25, 0.3) is 0 Å². The van der Waals surface area contributed by atoms with Crippen LogP contribution < -0.4 is 18.9 Å². The predicted molar refractivity (Wildman–Crippen MR) is 164 cm³/mol. The highest BCUT2D eigenvalue weighted by atomic mass is 79.9. The Morgan fingerprint density at radius 1 is 1.02 bits per heavy atom. The number of rotatable bonds is 14. The molecule has 1 heterocycles. The molecule has 0 aromatic heterocycles. The third-order valence-corrected chi connectivity index (χ3v) is 8.70. The lowest BCUT2D eigenvalue weighted by Gasteiger charge is -2.49. The molecule has 2 aromatic carbocycles. The molecule has 0 saturated carbocycles. The summed E-state index contributed by atoms with van der Waals surface area (Å²) < 4.78 is 22.6. The summed E-state index contributed by atoms with van der Waals surface area (Å²) in [7, 11) is 6.50. The van der Waals surface area contributed by atoms with Crippen LogP contribution in [0.15, 0.2) is 47.5 Å². The van der Waals surface area contributed by atoms with Gasteiger partial charge in [-0.25, -0.2) is 4.79 Å².